The second-order valence-corrected chi connectivity index (χ2v) is 3.22. The summed E-state index contributed by atoms with van der Waals surface area (Å²) in [6.07, 6.45) is 9.37. The average Bonchev–Trinajstić information content (AvgIpc) is 2.18. The Labute approximate surface area is 85.3 Å². The minimum Gasteiger partial charge on any atom is -0.263 e. The molecule has 68 valence electrons. The highest BCUT2D eigenvalue weighted by Gasteiger charge is 2.26. The molecule has 0 aliphatic carbocycles. The van der Waals surface area contributed by atoms with E-state index in [2.05, 4.69) is 15.0 Å². The van der Waals surface area contributed by atoms with Crippen molar-refractivity contribution in [2.45, 2.75) is 0 Å². The van der Waals surface area contributed by atoms with Crippen molar-refractivity contribution < 1.29 is 0 Å². The van der Waals surface area contributed by atoms with Gasteiger partial charge in [-0.15, -0.1) is 0 Å². The summed E-state index contributed by atoms with van der Waals surface area (Å²) in [6, 6.07) is 0. The molecule has 4 nitrogen and oxygen atoms in total. The van der Waals surface area contributed by atoms with Gasteiger partial charge in [0.2, 0.25) is 11.3 Å². The molecule has 0 N–H and O–H groups in total. The summed E-state index contributed by atoms with van der Waals surface area (Å²) >= 11 is 5.76. The number of nitrogens with zero attached hydrogens (tertiary/aromatic N) is 4. The Morgan fingerprint density at radius 3 is 3.07 bits per heavy atom. The zero-order valence-corrected chi connectivity index (χ0v) is 7.81. The topological polar surface area (TPSA) is 40.3 Å². The molecular formula is C9H5ClN4. The van der Waals surface area contributed by atoms with Crippen LogP contribution in [0.3, 0.4) is 0 Å². The van der Waals surface area contributed by atoms with Crippen LogP contribution in [0.1, 0.15) is 0 Å². The monoisotopic (exact) mass is 204 g/mol. The average molecular weight is 205 g/mol. The molecule has 0 fully saturated rings. The molecule has 0 bridgehead atoms. The highest BCUT2D eigenvalue weighted by Crippen LogP contribution is 2.26. The largest absolute Gasteiger partial charge is 0.263 e. The molecule has 0 saturated heterocycles. The summed E-state index contributed by atoms with van der Waals surface area (Å²) in [4.78, 5) is 14.1. The highest BCUT2D eigenvalue weighted by atomic mass is 35.5. The number of hydrogen-bond donors (Lipinski definition) is 0. The van der Waals surface area contributed by atoms with Gasteiger partial charge in [0.25, 0.3) is 0 Å². The number of guanidine groups is 1. The normalized spacial score (nSPS) is 22.2. The summed E-state index contributed by atoms with van der Waals surface area (Å²) < 4.78 is 0. The third-order valence-electron chi connectivity index (χ3n) is 2.03. The third kappa shape index (κ3) is 0.975. The number of aliphatic imine (C=N–C) groups is 3. The molecule has 0 saturated carbocycles. The van der Waals surface area contributed by atoms with Crippen LogP contribution in [0.4, 0.5) is 0 Å². The van der Waals surface area contributed by atoms with Crippen LogP contribution >= 0.6 is 11.6 Å². The molecule has 0 spiro atoms. The van der Waals surface area contributed by atoms with E-state index in [0.29, 0.717) is 5.96 Å². The number of amidine groups is 1. The van der Waals surface area contributed by atoms with Crippen molar-refractivity contribution in [3.63, 3.8) is 0 Å². The molecule has 0 atom stereocenters. The number of allylic oxidation sites excluding steroid dienone is 4. The molecule has 3 heterocycles. The summed E-state index contributed by atoms with van der Waals surface area (Å²) in [5.41, 5.74) is 1.00. The molecule has 3 rings (SSSR count). The van der Waals surface area contributed by atoms with Crippen molar-refractivity contribution in [3.05, 3.63) is 35.8 Å². The smallest absolute Gasteiger partial charge is 0.238 e. The predicted molar refractivity (Wildman–Crippen MR) is 56.4 cm³/mol. The van der Waals surface area contributed by atoms with Crippen LogP contribution in [-0.4, -0.2) is 22.4 Å². The lowest BCUT2D eigenvalue weighted by Crippen LogP contribution is -2.33. The zero-order valence-electron chi connectivity index (χ0n) is 7.05. The van der Waals surface area contributed by atoms with Gasteiger partial charge >= 0.3 is 0 Å². The summed E-state index contributed by atoms with van der Waals surface area (Å²) in [5.74, 6) is 1.32. The summed E-state index contributed by atoms with van der Waals surface area (Å²) in [6.45, 7) is 0. The van der Waals surface area contributed by atoms with Crippen LogP contribution in [0.15, 0.2) is 50.8 Å². The van der Waals surface area contributed by atoms with Gasteiger partial charge in [-0.2, -0.15) is 9.98 Å². The van der Waals surface area contributed by atoms with Crippen molar-refractivity contribution in [2.24, 2.45) is 15.0 Å². The minimum atomic E-state index is 0.219. The van der Waals surface area contributed by atoms with E-state index in [1.54, 1.807) is 6.21 Å². The first-order valence-corrected chi connectivity index (χ1v) is 4.48. The van der Waals surface area contributed by atoms with Gasteiger partial charge in [0.15, 0.2) is 0 Å². The Morgan fingerprint density at radius 1 is 1.21 bits per heavy atom. The Bertz CT molecular complexity index is 477. The van der Waals surface area contributed by atoms with Crippen LogP contribution in [-0.2, 0) is 0 Å². The maximum atomic E-state index is 5.76. The quantitative estimate of drug-likeness (QED) is 0.553. The van der Waals surface area contributed by atoms with Crippen LogP contribution in [0.25, 0.3) is 0 Å². The van der Waals surface area contributed by atoms with Crippen LogP contribution in [0.2, 0.25) is 0 Å². The maximum Gasteiger partial charge on any atom is 0.238 e. The van der Waals surface area contributed by atoms with Crippen molar-refractivity contribution in [1.82, 2.24) is 4.90 Å². The van der Waals surface area contributed by atoms with Crippen LogP contribution in [0, 0.1) is 0 Å². The van der Waals surface area contributed by atoms with Gasteiger partial charge in [0.1, 0.15) is 5.82 Å². The number of rotatable bonds is 0. The van der Waals surface area contributed by atoms with Gasteiger partial charge in [-0.05, 0) is 29.8 Å². The van der Waals surface area contributed by atoms with Crippen molar-refractivity contribution in [1.29, 1.82) is 0 Å². The maximum absolute atomic E-state index is 5.76. The third-order valence-corrected chi connectivity index (χ3v) is 2.20. The molecule has 0 radical (unpaired) electrons. The lowest BCUT2D eigenvalue weighted by Gasteiger charge is -2.30. The van der Waals surface area contributed by atoms with Gasteiger partial charge in [-0.25, -0.2) is 4.99 Å². The van der Waals surface area contributed by atoms with E-state index < -0.39 is 0 Å². The SMILES string of the molecule is ClC1=NC2=CC=CC3=CC=NC(=N1)N32. The second-order valence-electron chi connectivity index (χ2n) is 2.88. The molecule has 0 aromatic carbocycles. The molecule has 0 amide bonds. The molecule has 0 aromatic rings. The van der Waals surface area contributed by atoms with Gasteiger partial charge in [-0.1, -0.05) is 6.08 Å². The van der Waals surface area contributed by atoms with E-state index in [1.807, 2.05) is 29.2 Å². The predicted octanol–water partition coefficient (Wildman–Crippen LogP) is 1.63. The van der Waals surface area contributed by atoms with Gasteiger partial charge in [-0.3, -0.25) is 4.90 Å². The lowest BCUT2D eigenvalue weighted by atomic mass is 10.2. The first-order chi connectivity index (χ1) is 6.84. The Balaban J connectivity index is 2.23. The molecule has 3 aliphatic rings. The fourth-order valence-corrected chi connectivity index (χ4v) is 1.63. The molecular weight excluding hydrogens is 200 g/mol. The summed E-state index contributed by atoms with van der Waals surface area (Å²) in [5, 5.41) is 0.219. The van der Waals surface area contributed by atoms with Crippen molar-refractivity contribution >= 4 is 29.1 Å². The Kier molecular flexibility index (Phi) is 1.46. The number of hydrogen-bond acceptors (Lipinski definition) is 4. The first-order valence-electron chi connectivity index (χ1n) is 4.10. The second kappa shape index (κ2) is 2.65. The Morgan fingerprint density at radius 2 is 2.14 bits per heavy atom. The van der Waals surface area contributed by atoms with Crippen molar-refractivity contribution in [3.8, 4) is 0 Å². The van der Waals surface area contributed by atoms with E-state index in [4.69, 9.17) is 11.6 Å². The fraction of sp³-hybridized carbons (Fsp3) is 0. The molecule has 5 heteroatoms. The molecule has 3 aliphatic heterocycles. The fourth-order valence-electron chi connectivity index (χ4n) is 1.47. The zero-order chi connectivity index (χ0) is 9.54. The lowest BCUT2D eigenvalue weighted by molar-refractivity contribution is 0.619. The molecule has 14 heavy (non-hydrogen) atoms. The highest BCUT2D eigenvalue weighted by molar-refractivity contribution is 6.66. The Hall–Kier alpha value is -1.68. The molecule has 0 aromatic heterocycles. The van der Waals surface area contributed by atoms with Crippen LogP contribution in [0.5, 0.6) is 0 Å². The van der Waals surface area contributed by atoms with Crippen molar-refractivity contribution in [2.75, 3.05) is 0 Å². The van der Waals surface area contributed by atoms with E-state index in [-0.39, 0.29) is 5.29 Å². The van der Waals surface area contributed by atoms with Gasteiger partial charge < -0.3 is 0 Å². The van der Waals surface area contributed by atoms with Crippen LogP contribution < -0.4 is 0 Å². The van der Waals surface area contributed by atoms with E-state index >= 15 is 0 Å². The first kappa shape index (κ1) is 7.70. The van der Waals surface area contributed by atoms with E-state index in [0.717, 1.165) is 11.5 Å². The molecule has 0 unspecified atom stereocenters. The summed E-state index contributed by atoms with van der Waals surface area (Å²) in [7, 11) is 0. The minimum absolute atomic E-state index is 0.219. The van der Waals surface area contributed by atoms with Gasteiger partial charge in [0, 0.05) is 6.21 Å². The van der Waals surface area contributed by atoms with Gasteiger partial charge in [0.05, 0.1) is 5.70 Å². The van der Waals surface area contributed by atoms with E-state index in [9.17, 15) is 0 Å². The standard InChI is InChI=1S/C9H5ClN4/c10-8-12-7-3-1-2-6-4-5-11-9(13-8)14(6)7/h1-5H. The number of halogens is 1. The van der Waals surface area contributed by atoms with E-state index in [1.165, 1.54) is 0 Å².